The van der Waals surface area contributed by atoms with Crippen molar-refractivity contribution in [2.75, 3.05) is 40.9 Å². The van der Waals surface area contributed by atoms with Crippen LogP contribution in [-0.2, 0) is 18.4 Å². The molecule has 0 heterocycles. The Morgan fingerprint density at radius 2 is 0.797 bits per heavy atom. The fraction of sp³-hybridized carbons (Fsp3) is 0.831. The second kappa shape index (κ2) is 55.9. The van der Waals surface area contributed by atoms with Gasteiger partial charge in [0.2, 0.25) is 5.91 Å². The van der Waals surface area contributed by atoms with Gasteiger partial charge in [0.1, 0.15) is 13.2 Å². The molecule has 2 N–H and O–H groups in total. The number of hydrogen-bond acceptors (Lipinski definition) is 6. The number of carbonyl (C=O) groups excluding carboxylic acids is 1. The zero-order chi connectivity index (χ0) is 54.2. The van der Waals surface area contributed by atoms with E-state index in [0.29, 0.717) is 17.4 Å². The van der Waals surface area contributed by atoms with E-state index in [9.17, 15) is 19.4 Å². The van der Waals surface area contributed by atoms with E-state index in [-0.39, 0.29) is 12.5 Å². The minimum Gasteiger partial charge on any atom is -0.756 e. The lowest BCUT2D eigenvalue weighted by molar-refractivity contribution is -0.870. The fourth-order valence-corrected chi connectivity index (χ4v) is 9.94. The Bertz CT molecular complexity index is 1390. The van der Waals surface area contributed by atoms with Crippen LogP contribution in [0.4, 0.5) is 0 Å². The van der Waals surface area contributed by atoms with E-state index in [1.807, 2.05) is 27.2 Å². The predicted molar refractivity (Wildman–Crippen MR) is 321 cm³/mol. The SMILES string of the molecule is CCCCCCC/C=C\C/C=C\CCCCCCCCCCCCCCCCCCCCCCCC(=O)NC(COP(=O)([O-])OCC[N+](C)(C)C)C(O)/C=C/CC/C=C/CC/C=C/CCCCCCCCCCC. The maximum absolute atomic E-state index is 13.0. The normalized spacial score (nSPS) is 14.2. The van der Waals surface area contributed by atoms with Gasteiger partial charge in [0.15, 0.2) is 0 Å². The van der Waals surface area contributed by atoms with E-state index >= 15 is 0 Å². The standard InChI is InChI=1S/C65H123N2O6P/c1-6-8-10-12-14-16-18-20-22-24-26-27-28-29-30-31-32-33-34-35-36-37-38-39-41-43-45-47-49-51-53-55-57-59-65(69)66-63(62-73-74(70,71)72-61-60-67(3,4)5)64(68)58-56-54-52-50-48-46-44-42-40-25-23-21-19-17-15-13-11-9-7-2/h18,20,24,26,40,42,48,50,56,58,63-64,68H,6-17,19,21-23,25,27-39,41,43-47,49,51-55,57,59-62H2,1-5H3,(H-,66,69,70,71)/b20-18-,26-24-,42-40+,50-48+,58-56+. The summed E-state index contributed by atoms with van der Waals surface area (Å²) in [4.78, 5) is 25.5. The van der Waals surface area contributed by atoms with E-state index in [2.05, 4.69) is 67.8 Å². The number of aliphatic hydroxyl groups excluding tert-OH is 1. The molecule has 3 atom stereocenters. The summed E-state index contributed by atoms with van der Waals surface area (Å²) >= 11 is 0. The predicted octanol–water partition coefficient (Wildman–Crippen LogP) is 19.0. The molecule has 0 aromatic rings. The van der Waals surface area contributed by atoms with Gasteiger partial charge >= 0.3 is 0 Å². The number of phosphoric ester groups is 1. The third-order valence-corrected chi connectivity index (χ3v) is 15.1. The fourth-order valence-electron chi connectivity index (χ4n) is 9.22. The second-order valence-corrected chi connectivity index (χ2v) is 24.2. The Kier molecular flexibility index (Phi) is 54.6. The summed E-state index contributed by atoms with van der Waals surface area (Å²) in [6.07, 6.45) is 76.1. The Morgan fingerprint density at radius 3 is 1.18 bits per heavy atom. The van der Waals surface area contributed by atoms with Crippen molar-refractivity contribution in [3.05, 3.63) is 60.8 Å². The summed E-state index contributed by atoms with van der Waals surface area (Å²) in [5.74, 6) is -0.208. The number of amides is 1. The molecule has 1 amide bonds. The molecule has 3 unspecified atom stereocenters. The van der Waals surface area contributed by atoms with Crippen LogP contribution in [0, 0.1) is 0 Å². The average Bonchev–Trinajstić information content (AvgIpc) is 3.36. The number of nitrogens with one attached hydrogen (secondary N) is 1. The topological polar surface area (TPSA) is 108 Å². The van der Waals surface area contributed by atoms with E-state index < -0.39 is 26.6 Å². The lowest BCUT2D eigenvalue weighted by Gasteiger charge is -2.29. The average molecular weight is 1060 g/mol. The van der Waals surface area contributed by atoms with Crippen LogP contribution in [0.25, 0.3) is 0 Å². The van der Waals surface area contributed by atoms with Crippen LogP contribution in [0.3, 0.4) is 0 Å². The zero-order valence-electron chi connectivity index (χ0n) is 49.5. The first kappa shape index (κ1) is 72.2. The van der Waals surface area contributed by atoms with Crippen LogP contribution in [-0.4, -0.2) is 68.5 Å². The number of carbonyl (C=O) groups is 1. The van der Waals surface area contributed by atoms with Gasteiger partial charge in [-0.3, -0.25) is 9.36 Å². The molecule has 0 aromatic heterocycles. The van der Waals surface area contributed by atoms with Crippen molar-refractivity contribution in [2.24, 2.45) is 0 Å². The van der Waals surface area contributed by atoms with Gasteiger partial charge in [0.05, 0.1) is 39.9 Å². The molecule has 0 aliphatic carbocycles. The van der Waals surface area contributed by atoms with E-state index in [4.69, 9.17) is 9.05 Å². The molecule has 0 fully saturated rings. The number of hydrogen-bond donors (Lipinski definition) is 2. The van der Waals surface area contributed by atoms with Crippen LogP contribution in [0.2, 0.25) is 0 Å². The quantitative estimate of drug-likeness (QED) is 0.0272. The molecule has 0 aromatic carbocycles. The number of unbranched alkanes of at least 4 members (excludes halogenated alkanes) is 37. The molecule has 0 saturated heterocycles. The monoisotopic (exact) mass is 1060 g/mol. The van der Waals surface area contributed by atoms with Gasteiger partial charge in [0, 0.05) is 6.42 Å². The highest BCUT2D eigenvalue weighted by molar-refractivity contribution is 7.45. The zero-order valence-corrected chi connectivity index (χ0v) is 50.4. The largest absolute Gasteiger partial charge is 0.756 e. The Hall–Kier alpha value is -1.80. The highest BCUT2D eigenvalue weighted by Crippen LogP contribution is 2.38. The highest BCUT2D eigenvalue weighted by Gasteiger charge is 2.23. The van der Waals surface area contributed by atoms with Crippen molar-refractivity contribution in [3.8, 4) is 0 Å². The summed E-state index contributed by atoms with van der Waals surface area (Å²) in [7, 11) is 1.24. The maximum atomic E-state index is 13.0. The summed E-state index contributed by atoms with van der Waals surface area (Å²) in [6.45, 7) is 4.63. The molecular formula is C65H123N2O6P. The number of aliphatic hydroxyl groups is 1. The van der Waals surface area contributed by atoms with E-state index in [1.165, 1.54) is 225 Å². The first-order chi connectivity index (χ1) is 36.0. The van der Waals surface area contributed by atoms with E-state index in [0.717, 1.165) is 51.4 Å². The highest BCUT2D eigenvalue weighted by atomic mass is 31.2. The molecule has 0 spiro atoms. The van der Waals surface area contributed by atoms with Crippen molar-refractivity contribution < 1.29 is 32.9 Å². The third-order valence-electron chi connectivity index (χ3n) is 14.2. The maximum Gasteiger partial charge on any atom is 0.268 e. The van der Waals surface area contributed by atoms with Crippen molar-refractivity contribution in [3.63, 3.8) is 0 Å². The molecule has 9 heteroatoms. The van der Waals surface area contributed by atoms with Gasteiger partial charge in [-0.2, -0.15) is 0 Å². The summed E-state index contributed by atoms with van der Waals surface area (Å²) in [5.41, 5.74) is 0. The van der Waals surface area contributed by atoms with Gasteiger partial charge in [-0.15, -0.1) is 0 Å². The van der Waals surface area contributed by atoms with Gasteiger partial charge in [0.25, 0.3) is 7.82 Å². The smallest absolute Gasteiger partial charge is 0.268 e. The molecule has 0 saturated carbocycles. The molecule has 434 valence electrons. The number of phosphoric acid groups is 1. The molecule has 8 nitrogen and oxygen atoms in total. The molecular weight excluding hydrogens is 936 g/mol. The van der Waals surface area contributed by atoms with Crippen LogP contribution in [0.5, 0.6) is 0 Å². The summed E-state index contributed by atoms with van der Waals surface area (Å²) in [5, 5.41) is 13.9. The minimum atomic E-state index is -4.61. The summed E-state index contributed by atoms with van der Waals surface area (Å²) < 4.78 is 23.4. The van der Waals surface area contributed by atoms with Gasteiger partial charge in [-0.1, -0.05) is 274 Å². The Morgan fingerprint density at radius 1 is 0.473 bits per heavy atom. The van der Waals surface area contributed by atoms with Crippen LogP contribution < -0.4 is 10.2 Å². The second-order valence-electron chi connectivity index (χ2n) is 22.7. The third kappa shape index (κ3) is 57.9. The van der Waals surface area contributed by atoms with Crippen LogP contribution >= 0.6 is 7.82 Å². The Labute approximate surface area is 460 Å². The molecule has 0 radical (unpaired) electrons. The number of rotatable bonds is 58. The lowest BCUT2D eigenvalue weighted by atomic mass is 10.0. The first-order valence-corrected chi connectivity index (χ1v) is 33.1. The number of allylic oxidation sites excluding steroid dienone is 9. The van der Waals surface area contributed by atoms with Gasteiger partial charge in [-0.05, 0) is 77.0 Å². The number of quaternary nitrogens is 1. The van der Waals surface area contributed by atoms with Crippen molar-refractivity contribution >= 4 is 13.7 Å². The van der Waals surface area contributed by atoms with Crippen molar-refractivity contribution in [1.82, 2.24) is 5.32 Å². The summed E-state index contributed by atoms with van der Waals surface area (Å²) in [6, 6.07) is -0.911. The Balaban J connectivity index is 4.09. The number of likely N-dealkylation sites (N-methyl/N-ethyl adjacent to an activating group) is 1. The number of nitrogens with zero attached hydrogens (tertiary/aromatic N) is 1. The first-order valence-electron chi connectivity index (χ1n) is 31.7. The molecule has 0 bridgehead atoms. The molecule has 0 aliphatic rings. The lowest BCUT2D eigenvalue weighted by Crippen LogP contribution is -2.45. The minimum absolute atomic E-state index is 0.00903. The van der Waals surface area contributed by atoms with Crippen LogP contribution in [0.15, 0.2) is 60.8 Å². The van der Waals surface area contributed by atoms with Crippen molar-refractivity contribution in [1.29, 1.82) is 0 Å². The van der Waals surface area contributed by atoms with Gasteiger partial charge < -0.3 is 28.8 Å². The van der Waals surface area contributed by atoms with Crippen molar-refractivity contribution in [2.45, 2.75) is 309 Å². The molecule has 0 aliphatic heterocycles. The van der Waals surface area contributed by atoms with E-state index in [1.54, 1.807) is 6.08 Å². The molecule has 74 heavy (non-hydrogen) atoms. The van der Waals surface area contributed by atoms with Crippen LogP contribution in [0.1, 0.15) is 296 Å². The van der Waals surface area contributed by atoms with Gasteiger partial charge in [-0.25, -0.2) is 0 Å². The molecule has 0 rings (SSSR count).